The maximum Gasteiger partial charge on any atom is 0.265 e. The summed E-state index contributed by atoms with van der Waals surface area (Å²) in [6, 6.07) is 13.3. The normalized spacial score (nSPS) is 11.9. The van der Waals surface area contributed by atoms with E-state index < -0.39 is 6.10 Å². The maximum absolute atomic E-state index is 12.7. The van der Waals surface area contributed by atoms with Gasteiger partial charge in [0.1, 0.15) is 11.5 Å². The molecule has 1 atom stereocenters. The number of hydrogen-bond donors (Lipinski definition) is 1. The van der Waals surface area contributed by atoms with E-state index in [4.69, 9.17) is 9.47 Å². The molecule has 0 fully saturated rings. The van der Waals surface area contributed by atoms with Gasteiger partial charge in [0.2, 0.25) is 0 Å². The monoisotopic (exact) mass is 341 g/mol. The lowest BCUT2D eigenvalue weighted by Gasteiger charge is -2.21. The van der Waals surface area contributed by atoms with Gasteiger partial charge in [-0.3, -0.25) is 4.79 Å². The van der Waals surface area contributed by atoms with E-state index in [1.807, 2.05) is 50.2 Å². The van der Waals surface area contributed by atoms with Crippen LogP contribution in [0.25, 0.3) is 0 Å². The Morgan fingerprint density at radius 2 is 1.72 bits per heavy atom. The highest BCUT2D eigenvalue weighted by Crippen LogP contribution is 2.28. The predicted molar refractivity (Wildman–Crippen MR) is 102 cm³/mol. The number of para-hydroxylation sites is 1. The summed E-state index contributed by atoms with van der Waals surface area (Å²) in [6.07, 6.45) is 0.0359. The van der Waals surface area contributed by atoms with E-state index in [2.05, 4.69) is 25.2 Å². The number of carbonyl (C=O) groups is 1. The van der Waals surface area contributed by atoms with E-state index in [-0.39, 0.29) is 5.91 Å². The first-order valence-electron chi connectivity index (χ1n) is 8.67. The second kappa shape index (κ2) is 8.56. The number of aryl methyl sites for hydroxylation is 1. The summed E-state index contributed by atoms with van der Waals surface area (Å²) in [5, 5.41) is 3.07. The lowest BCUT2D eigenvalue weighted by Crippen LogP contribution is -2.33. The minimum Gasteiger partial charge on any atom is -0.497 e. The van der Waals surface area contributed by atoms with Crippen molar-refractivity contribution in [3.63, 3.8) is 0 Å². The molecule has 0 aromatic heterocycles. The van der Waals surface area contributed by atoms with Crippen LogP contribution in [-0.4, -0.2) is 19.1 Å². The van der Waals surface area contributed by atoms with Gasteiger partial charge in [0.25, 0.3) is 5.91 Å². The van der Waals surface area contributed by atoms with Gasteiger partial charge < -0.3 is 14.8 Å². The smallest absolute Gasteiger partial charge is 0.265 e. The van der Waals surface area contributed by atoms with Gasteiger partial charge in [-0.25, -0.2) is 0 Å². The molecule has 1 N–H and O–H groups in total. The van der Waals surface area contributed by atoms with Crippen molar-refractivity contribution in [2.45, 2.75) is 46.1 Å². The van der Waals surface area contributed by atoms with Crippen LogP contribution < -0.4 is 14.8 Å². The summed E-state index contributed by atoms with van der Waals surface area (Å²) < 4.78 is 11.0. The van der Waals surface area contributed by atoms with Crippen LogP contribution in [0.15, 0.2) is 42.5 Å². The van der Waals surface area contributed by atoms with Gasteiger partial charge >= 0.3 is 0 Å². The molecule has 0 spiro atoms. The van der Waals surface area contributed by atoms with Crippen molar-refractivity contribution in [1.29, 1.82) is 0 Å². The first kappa shape index (κ1) is 18.8. The molecule has 2 rings (SSSR count). The second-order valence-electron chi connectivity index (χ2n) is 6.37. The fourth-order valence-corrected chi connectivity index (χ4v) is 2.69. The van der Waals surface area contributed by atoms with Gasteiger partial charge in [-0.15, -0.1) is 0 Å². The standard InChI is InChI=1S/C21H27NO3/c1-6-19(25-17-12-10-16(24-5)11-13-17)21(23)22-20-15(4)8-7-9-18(20)14(2)3/h7-14,19H,6H2,1-5H3,(H,22,23)/t19-/m1/s1. The van der Waals surface area contributed by atoms with Crippen LogP contribution in [0.5, 0.6) is 11.5 Å². The number of carbonyl (C=O) groups excluding carboxylic acids is 1. The van der Waals surface area contributed by atoms with Crippen LogP contribution >= 0.6 is 0 Å². The van der Waals surface area contributed by atoms with E-state index in [0.717, 1.165) is 22.6 Å². The number of rotatable bonds is 7. The number of hydrogen-bond acceptors (Lipinski definition) is 3. The molecule has 0 aliphatic carbocycles. The van der Waals surface area contributed by atoms with Crippen molar-refractivity contribution in [3.8, 4) is 11.5 Å². The number of benzene rings is 2. The van der Waals surface area contributed by atoms with E-state index in [1.165, 1.54) is 0 Å². The van der Waals surface area contributed by atoms with Gasteiger partial charge in [-0.2, -0.15) is 0 Å². The molecule has 0 heterocycles. The largest absolute Gasteiger partial charge is 0.497 e. The molecule has 0 radical (unpaired) electrons. The van der Waals surface area contributed by atoms with E-state index in [9.17, 15) is 4.79 Å². The molecule has 2 aromatic carbocycles. The third-order valence-electron chi connectivity index (χ3n) is 4.18. The van der Waals surface area contributed by atoms with Gasteiger partial charge in [0.15, 0.2) is 6.10 Å². The molecule has 1 amide bonds. The van der Waals surface area contributed by atoms with Crippen molar-refractivity contribution in [3.05, 3.63) is 53.6 Å². The SMILES string of the molecule is CC[C@@H](Oc1ccc(OC)cc1)C(=O)Nc1c(C)cccc1C(C)C. The minimum atomic E-state index is -0.548. The summed E-state index contributed by atoms with van der Waals surface area (Å²) >= 11 is 0. The molecule has 0 saturated heterocycles. The fraction of sp³-hybridized carbons (Fsp3) is 0.381. The Kier molecular flexibility index (Phi) is 6.45. The molecule has 0 saturated carbocycles. The van der Waals surface area contributed by atoms with Crippen molar-refractivity contribution in [2.24, 2.45) is 0 Å². The van der Waals surface area contributed by atoms with Crippen molar-refractivity contribution >= 4 is 11.6 Å². The number of methoxy groups -OCH3 is 1. The summed E-state index contributed by atoms with van der Waals surface area (Å²) in [6.45, 7) is 8.19. The van der Waals surface area contributed by atoms with Crippen LogP contribution in [-0.2, 0) is 4.79 Å². The topological polar surface area (TPSA) is 47.6 Å². The molecule has 0 aliphatic heterocycles. The highest BCUT2D eigenvalue weighted by atomic mass is 16.5. The highest BCUT2D eigenvalue weighted by Gasteiger charge is 2.21. The third-order valence-corrected chi connectivity index (χ3v) is 4.18. The average Bonchev–Trinajstić information content (AvgIpc) is 2.61. The van der Waals surface area contributed by atoms with Crippen LogP contribution in [0.1, 0.15) is 44.2 Å². The quantitative estimate of drug-likeness (QED) is 0.777. The second-order valence-corrected chi connectivity index (χ2v) is 6.37. The van der Waals surface area contributed by atoms with Crippen LogP contribution in [0, 0.1) is 6.92 Å². The number of nitrogens with one attached hydrogen (secondary N) is 1. The van der Waals surface area contributed by atoms with Gasteiger partial charge in [-0.1, -0.05) is 39.0 Å². The minimum absolute atomic E-state index is 0.130. The molecule has 4 heteroatoms. The molecular weight excluding hydrogens is 314 g/mol. The number of ether oxygens (including phenoxy) is 2. The average molecular weight is 341 g/mol. The summed E-state index contributed by atoms with van der Waals surface area (Å²) in [7, 11) is 1.62. The Labute approximate surface area is 150 Å². The Morgan fingerprint density at radius 3 is 2.28 bits per heavy atom. The zero-order valence-corrected chi connectivity index (χ0v) is 15.6. The molecule has 2 aromatic rings. The zero-order valence-electron chi connectivity index (χ0n) is 15.6. The zero-order chi connectivity index (χ0) is 18.4. The predicted octanol–water partition coefficient (Wildman–Crippen LogP) is 4.92. The van der Waals surface area contributed by atoms with Gasteiger partial charge in [0, 0.05) is 5.69 Å². The maximum atomic E-state index is 12.7. The molecule has 134 valence electrons. The summed E-state index contributed by atoms with van der Waals surface area (Å²) in [5.74, 6) is 1.61. The lowest BCUT2D eigenvalue weighted by molar-refractivity contribution is -0.122. The van der Waals surface area contributed by atoms with E-state index >= 15 is 0 Å². The van der Waals surface area contributed by atoms with Crippen molar-refractivity contribution < 1.29 is 14.3 Å². The molecule has 0 aliphatic rings. The number of amides is 1. The lowest BCUT2D eigenvalue weighted by atomic mass is 9.98. The van der Waals surface area contributed by atoms with Gasteiger partial charge in [-0.05, 0) is 54.7 Å². The molecule has 4 nitrogen and oxygen atoms in total. The Morgan fingerprint density at radius 1 is 1.08 bits per heavy atom. The summed E-state index contributed by atoms with van der Waals surface area (Å²) in [4.78, 5) is 12.7. The van der Waals surface area contributed by atoms with Crippen molar-refractivity contribution in [2.75, 3.05) is 12.4 Å². The summed E-state index contributed by atoms with van der Waals surface area (Å²) in [5.41, 5.74) is 3.07. The first-order chi connectivity index (χ1) is 12.0. The van der Waals surface area contributed by atoms with Gasteiger partial charge in [0.05, 0.1) is 7.11 Å². The van der Waals surface area contributed by atoms with Crippen LogP contribution in [0.2, 0.25) is 0 Å². The molecule has 25 heavy (non-hydrogen) atoms. The Hall–Kier alpha value is -2.49. The number of anilines is 1. The molecule has 0 unspecified atom stereocenters. The fourth-order valence-electron chi connectivity index (χ4n) is 2.69. The highest BCUT2D eigenvalue weighted by molar-refractivity contribution is 5.95. The van der Waals surface area contributed by atoms with Crippen LogP contribution in [0.3, 0.4) is 0 Å². The molecular formula is C21H27NO3. The van der Waals surface area contributed by atoms with Crippen LogP contribution in [0.4, 0.5) is 5.69 Å². The van der Waals surface area contributed by atoms with E-state index in [1.54, 1.807) is 7.11 Å². The Balaban J connectivity index is 2.15. The van der Waals surface area contributed by atoms with E-state index in [0.29, 0.717) is 18.1 Å². The Bertz CT molecular complexity index is 708. The molecule has 0 bridgehead atoms. The first-order valence-corrected chi connectivity index (χ1v) is 8.67. The van der Waals surface area contributed by atoms with Crippen molar-refractivity contribution in [1.82, 2.24) is 0 Å². The third kappa shape index (κ3) is 4.75.